The van der Waals surface area contributed by atoms with Crippen molar-refractivity contribution < 1.29 is 9.53 Å². The molecule has 0 atom stereocenters. The topological polar surface area (TPSA) is 26.3 Å². The third kappa shape index (κ3) is 18.6. The van der Waals surface area contributed by atoms with Crippen LogP contribution in [0.25, 0.3) is 0 Å². The van der Waals surface area contributed by atoms with Crippen molar-refractivity contribution in [3.8, 4) is 0 Å². The fourth-order valence-electron chi connectivity index (χ4n) is 1.26. The summed E-state index contributed by atoms with van der Waals surface area (Å²) in [6.07, 6.45) is 4.32. The van der Waals surface area contributed by atoms with E-state index < -0.39 is 0 Å². The van der Waals surface area contributed by atoms with Crippen molar-refractivity contribution in [2.24, 2.45) is 5.41 Å². The van der Waals surface area contributed by atoms with Crippen LogP contribution in [0.2, 0.25) is 0 Å². The molecule has 0 aromatic rings. The van der Waals surface area contributed by atoms with Crippen molar-refractivity contribution in [1.82, 2.24) is 0 Å². The van der Waals surface area contributed by atoms with Crippen LogP contribution in [0.1, 0.15) is 59.8 Å². The molecule has 0 amide bonds. The Labute approximate surface area is 116 Å². The van der Waals surface area contributed by atoms with E-state index in [1.807, 2.05) is 0 Å². The predicted octanol–water partition coefficient (Wildman–Crippen LogP) is 3.58. The lowest BCUT2D eigenvalue weighted by Gasteiger charge is -2.16. The highest BCUT2D eigenvalue weighted by molar-refractivity contribution is 8.07. The Balaban J connectivity index is 0. The number of carbonyl (C=O) groups is 1. The minimum atomic E-state index is 0.272. The first-order valence-corrected chi connectivity index (χ1v) is 7.55. The quantitative estimate of drug-likeness (QED) is 0.634. The zero-order chi connectivity index (χ0) is 13.7. The lowest BCUT2D eigenvalue weighted by molar-refractivity contribution is -0.119. The molecule has 0 saturated carbocycles. The van der Waals surface area contributed by atoms with Gasteiger partial charge < -0.3 is 4.74 Å². The highest BCUT2D eigenvalue weighted by Gasteiger charge is 2.12. The SMILES string of the molecule is CCCOCCCC(=O)CCC(C)(C)C.S=S. The van der Waals surface area contributed by atoms with Crippen LogP contribution in [0.4, 0.5) is 0 Å². The lowest BCUT2D eigenvalue weighted by Crippen LogP contribution is -2.09. The summed E-state index contributed by atoms with van der Waals surface area (Å²) in [5.41, 5.74) is 0.272. The molecule has 4 heteroatoms. The lowest BCUT2D eigenvalue weighted by atomic mass is 9.89. The van der Waals surface area contributed by atoms with Gasteiger partial charge in [-0.1, -0.05) is 27.7 Å². The number of hydrogen-bond acceptors (Lipinski definition) is 4. The van der Waals surface area contributed by atoms with E-state index in [9.17, 15) is 4.79 Å². The number of ketones is 1. The third-order valence-corrected chi connectivity index (χ3v) is 2.25. The molecule has 0 saturated heterocycles. The minimum Gasteiger partial charge on any atom is -0.381 e. The number of carbonyl (C=O) groups excluding carboxylic acids is 1. The normalized spacial score (nSPS) is 10.6. The summed E-state index contributed by atoms with van der Waals surface area (Å²) in [6.45, 7) is 10.2. The van der Waals surface area contributed by atoms with Gasteiger partial charge in [-0.3, -0.25) is 4.79 Å². The number of ether oxygens (including phenoxy) is 1. The van der Waals surface area contributed by atoms with Gasteiger partial charge in [0.15, 0.2) is 0 Å². The van der Waals surface area contributed by atoms with Gasteiger partial charge in [-0.15, -0.1) is 0 Å². The molecule has 0 aliphatic heterocycles. The fraction of sp³-hybridized carbons (Fsp3) is 0.923. The molecule has 0 aromatic heterocycles. The van der Waals surface area contributed by atoms with Crippen molar-refractivity contribution in [3.05, 3.63) is 0 Å². The molecule has 0 radical (unpaired) electrons. The zero-order valence-corrected chi connectivity index (χ0v) is 13.2. The molecule has 0 rings (SSSR count). The van der Waals surface area contributed by atoms with E-state index in [1.165, 1.54) is 0 Å². The van der Waals surface area contributed by atoms with Crippen LogP contribution in [0.15, 0.2) is 0 Å². The first-order valence-electron chi connectivity index (χ1n) is 6.22. The Morgan fingerprint density at radius 1 is 1.12 bits per heavy atom. The van der Waals surface area contributed by atoms with Crippen molar-refractivity contribution >= 4 is 28.2 Å². The van der Waals surface area contributed by atoms with E-state index in [4.69, 9.17) is 4.74 Å². The molecule has 0 spiro atoms. The Morgan fingerprint density at radius 3 is 2.18 bits per heavy atom. The van der Waals surface area contributed by atoms with E-state index in [0.717, 1.165) is 38.9 Å². The van der Waals surface area contributed by atoms with Gasteiger partial charge >= 0.3 is 0 Å². The summed E-state index contributed by atoms with van der Waals surface area (Å²) >= 11 is 7.33. The monoisotopic (exact) mass is 278 g/mol. The van der Waals surface area contributed by atoms with Gasteiger partial charge in [-0.2, -0.15) is 0 Å². The molecule has 0 fully saturated rings. The summed E-state index contributed by atoms with van der Waals surface area (Å²) < 4.78 is 5.33. The fourth-order valence-corrected chi connectivity index (χ4v) is 1.26. The van der Waals surface area contributed by atoms with Gasteiger partial charge in [-0.05, 0) is 24.7 Å². The standard InChI is InChI=1S/C13H26O2.S2/c1-5-10-15-11-6-7-12(14)8-9-13(2,3)4;1-2/h5-11H2,1-4H3;. The largest absolute Gasteiger partial charge is 0.381 e. The Hall–Kier alpha value is 0.0700. The minimum absolute atomic E-state index is 0.272. The Kier molecular flexibility index (Phi) is 14.3. The molecule has 102 valence electrons. The van der Waals surface area contributed by atoms with Gasteiger partial charge in [0.25, 0.3) is 0 Å². The second-order valence-electron chi connectivity index (χ2n) is 5.32. The first-order chi connectivity index (χ1) is 7.95. The molecular formula is C13H26O2S2. The van der Waals surface area contributed by atoms with Gasteiger partial charge in [0.2, 0.25) is 0 Å². The van der Waals surface area contributed by atoms with E-state index in [-0.39, 0.29) is 5.41 Å². The maximum Gasteiger partial charge on any atom is 0.133 e. The molecular weight excluding hydrogens is 252 g/mol. The highest BCUT2D eigenvalue weighted by atomic mass is 32.8. The van der Waals surface area contributed by atoms with Gasteiger partial charge in [0, 0.05) is 48.4 Å². The van der Waals surface area contributed by atoms with Crippen LogP contribution in [-0.2, 0) is 31.9 Å². The van der Waals surface area contributed by atoms with E-state index in [2.05, 4.69) is 50.1 Å². The highest BCUT2D eigenvalue weighted by Crippen LogP contribution is 2.21. The second kappa shape index (κ2) is 12.5. The Morgan fingerprint density at radius 2 is 1.71 bits per heavy atom. The molecule has 0 aliphatic rings. The van der Waals surface area contributed by atoms with E-state index in [0.29, 0.717) is 12.2 Å². The molecule has 0 unspecified atom stereocenters. The van der Waals surface area contributed by atoms with Crippen molar-refractivity contribution in [2.45, 2.75) is 59.8 Å². The number of Topliss-reactive ketones (excluding diaryl/α,β-unsaturated/α-hetero) is 1. The average molecular weight is 278 g/mol. The number of rotatable bonds is 8. The van der Waals surface area contributed by atoms with Crippen LogP contribution in [0.5, 0.6) is 0 Å². The van der Waals surface area contributed by atoms with Crippen LogP contribution in [0, 0.1) is 5.41 Å². The van der Waals surface area contributed by atoms with E-state index >= 15 is 0 Å². The molecule has 17 heavy (non-hydrogen) atoms. The van der Waals surface area contributed by atoms with Crippen LogP contribution >= 0.6 is 0 Å². The maximum absolute atomic E-state index is 11.5. The summed E-state index contributed by atoms with van der Waals surface area (Å²) in [7, 11) is 0. The van der Waals surface area contributed by atoms with Crippen LogP contribution in [-0.4, -0.2) is 19.0 Å². The van der Waals surface area contributed by atoms with Crippen molar-refractivity contribution in [1.29, 1.82) is 0 Å². The van der Waals surface area contributed by atoms with Crippen molar-refractivity contribution in [3.63, 3.8) is 0 Å². The summed E-state index contributed by atoms with van der Waals surface area (Å²) in [4.78, 5) is 11.5. The van der Waals surface area contributed by atoms with Gasteiger partial charge in [0.05, 0.1) is 0 Å². The summed E-state index contributed by atoms with van der Waals surface area (Å²) in [5, 5.41) is 0. The second-order valence-corrected chi connectivity index (χ2v) is 5.32. The molecule has 0 aliphatic carbocycles. The van der Waals surface area contributed by atoms with Crippen molar-refractivity contribution in [2.75, 3.05) is 13.2 Å². The number of hydrogen-bond donors (Lipinski definition) is 0. The van der Waals surface area contributed by atoms with Gasteiger partial charge in [-0.25, -0.2) is 0 Å². The van der Waals surface area contributed by atoms with Crippen LogP contribution < -0.4 is 0 Å². The third-order valence-electron chi connectivity index (χ3n) is 2.25. The Bertz CT molecular complexity index is 188. The molecule has 0 bridgehead atoms. The molecule has 0 heterocycles. The molecule has 0 aromatic carbocycles. The first kappa shape index (κ1) is 19.4. The predicted molar refractivity (Wildman–Crippen MR) is 78.8 cm³/mol. The molecule has 0 N–H and O–H groups in total. The summed E-state index contributed by atoms with van der Waals surface area (Å²) in [5.74, 6) is 0.380. The summed E-state index contributed by atoms with van der Waals surface area (Å²) in [6, 6.07) is 0. The van der Waals surface area contributed by atoms with E-state index in [1.54, 1.807) is 0 Å². The smallest absolute Gasteiger partial charge is 0.133 e. The molecule has 2 nitrogen and oxygen atoms in total. The van der Waals surface area contributed by atoms with Crippen LogP contribution in [0.3, 0.4) is 0 Å². The average Bonchev–Trinajstić information content (AvgIpc) is 2.28. The van der Waals surface area contributed by atoms with Gasteiger partial charge in [0.1, 0.15) is 5.78 Å². The maximum atomic E-state index is 11.5. The zero-order valence-electron chi connectivity index (χ0n) is 11.6.